The molecule has 0 spiro atoms. The molecule has 0 amide bonds. The molecule has 1 aliphatic heterocycles. The topological polar surface area (TPSA) is 66.8 Å². The Kier molecular flexibility index (Phi) is 4.49. The SMILES string of the molecule is Cc1cc(CO)cc(S(=O)(=O)N2CCOCC2C)c1C. The smallest absolute Gasteiger partial charge is 0.243 e. The normalized spacial score (nSPS) is 21.1. The molecule has 1 aromatic rings. The molecule has 1 unspecified atom stereocenters. The monoisotopic (exact) mass is 299 g/mol. The van der Waals surface area contributed by atoms with Crippen molar-refractivity contribution in [2.45, 2.75) is 38.3 Å². The lowest BCUT2D eigenvalue weighted by Gasteiger charge is -2.32. The van der Waals surface area contributed by atoms with Crippen LogP contribution in [0.1, 0.15) is 23.6 Å². The first-order valence-electron chi connectivity index (χ1n) is 6.68. The number of ether oxygens (including phenoxy) is 1. The third kappa shape index (κ3) is 2.74. The van der Waals surface area contributed by atoms with Crippen molar-refractivity contribution < 1.29 is 18.3 Å². The summed E-state index contributed by atoms with van der Waals surface area (Å²) in [4.78, 5) is 0.287. The van der Waals surface area contributed by atoms with Gasteiger partial charge >= 0.3 is 0 Å². The van der Waals surface area contributed by atoms with Crippen LogP contribution >= 0.6 is 0 Å². The molecular formula is C14H21NO4S. The predicted octanol–water partition coefficient (Wildman–Crippen LogP) is 1.21. The fourth-order valence-electron chi connectivity index (χ4n) is 2.45. The summed E-state index contributed by atoms with van der Waals surface area (Å²) in [6.07, 6.45) is 0. The summed E-state index contributed by atoms with van der Waals surface area (Å²) < 4.78 is 32.4. The van der Waals surface area contributed by atoms with Gasteiger partial charge in [0.1, 0.15) is 0 Å². The van der Waals surface area contributed by atoms with Crippen molar-refractivity contribution >= 4 is 10.0 Å². The minimum atomic E-state index is -3.55. The highest BCUT2D eigenvalue weighted by atomic mass is 32.2. The molecule has 1 aliphatic rings. The van der Waals surface area contributed by atoms with E-state index in [1.165, 1.54) is 4.31 Å². The van der Waals surface area contributed by atoms with Crippen LogP contribution in [0.15, 0.2) is 17.0 Å². The van der Waals surface area contributed by atoms with Gasteiger partial charge in [-0.15, -0.1) is 0 Å². The first-order valence-corrected chi connectivity index (χ1v) is 8.12. The number of aryl methyl sites for hydroxylation is 1. The third-order valence-corrected chi connectivity index (χ3v) is 5.90. The van der Waals surface area contributed by atoms with E-state index in [2.05, 4.69) is 0 Å². The third-order valence-electron chi connectivity index (χ3n) is 3.76. The van der Waals surface area contributed by atoms with E-state index in [1.54, 1.807) is 13.0 Å². The van der Waals surface area contributed by atoms with Gasteiger partial charge in [0.2, 0.25) is 10.0 Å². The highest BCUT2D eigenvalue weighted by Gasteiger charge is 2.32. The van der Waals surface area contributed by atoms with Gasteiger partial charge in [-0.1, -0.05) is 6.07 Å². The molecule has 1 heterocycles. The van der Waals surface area contributed by atoms with Crippen LogP contribution in [0.4, 0.5) is 0 Å². The Balaban J connectivity index is 2.51. The van der Waals surface area contributed by atoms with Gasteiger partial charge in [-0.2, -0.15) is 4.31 Å². The molecule has 0 radical (unpaired) electrons. The molecule has 1 aromatic carbocycles. The molecule has 6 heteroatoms. The number of sulfonamides is 1. The number of hydrogen-bond acceptors (Lipinski definition) is 4. The number of morpholine rings is 1. The number of aliphatic hydroxyl groups is 1. The molecule has 1 atom stereocenters. The van der Waals surface area contributed by atoms with Crippen LogP contribution in [0.3, 0.4) is 0 Å². The summed E-state index contributed by atoms with van der Waals surface area (Å²) in [7, 11) is -3.55. The van der Waals surface area contributed by atoms with Crippen LogP contribution in [-0.4, -0.2) is 43.6 Å². The van der Waals surface area contributed by atoms with Crippen LogP contribution in [0.2, 0.25) is 0 Å². The van der Waals surface area contributed by atoms with Crippen molar-refractivity contribution in [3.8, 4) is 0 Å². The fourth-order valence-corrected chi connectivity index (χ4v) is 4.40. The van der Waals surface area contributed by atoms with Crippen LogP contribution < -0.4 is 0 Å². The molecule has 20 heavy (non-hydrogen) atoms. The van der Waals surface area contributed by atoms with Gasteiger partial charge < -0.3 is 9.84 Å². The van der Waals surface area contributed by atoms with Gasteiger partial charge in [0.05, 0.1) is 24.7 Å². The molecule has 5 nitrogen and oxygen atoms in total. The maximum Gasteiger partial charge on any atom is 0.243 e. The van der Waals surface area contributed by atoms with E-state index >= 15 is 0 Å². The zero-order valence-electron chi connectivity index (χ0n) is 12.1. The number of hydrogen-bond donors (Lipinski definition) is 1. The Bertz CT molecular complexity index is 597. The van der Waals surface area contributed by atoms with E-state index in [0.29, 0.717) is 25.3 Å². The second kappa shape index (κ2) is 5.81. The van der Waals surface area contributed by atoms with E-state index < -0.39 is 10.0 Å². The molecule has 0 saturated carbocycles. The number of nitrogens with zero attached hydrogens (tertiary/aromatic N) is 1. The minimum absolute atomic E-state index is 0.164. The maximum absolute atomic E-state index is 12.8. The van der Waals surface area contributed by atoms with E-state index in [-0.39, 0.29) is 17.5 Å². The quantitative estimate of drug-likeness (QED) is 0.911. The Labute approximate surface area is 120 Å². The average Bonchev–Trinajstić information content (AvgIpc) is 2.41. The zero-order valence-corrected chi connectivity index (χ0v) is 12.9. The lowest BCUT2D eigenvalue weighted by Crippen LogP contribution is -2.47. The van der Waals surface area contributed by atoms with E-state index in [4.69, 9.17) is 4.74 Å². The summed E-state index contributed by atoms with van der Waals surface area (Å²) in [5.74, 6) is 0. The standard InChI is InChI=1S/C14H21NO4S/c1-10-6-13(8-16)7-14(12(10)3)20(17,18)15-4-5-19-9-11(15)2/h6-7,11,16H,4-5,8-9H2,1-3H3. The van der Waals surface area contributed by atoms with Crippen LogP contribution in [0.5, 0.6) is 0 Å². The molecule has 0 aromatic heterocycles. The number of benzene rings is 1. The minimum Gasteiger partial charge on any atom is -0.392 e. The zero-order chi connectivity index (χ0) is 14.9. The summed E-state index contributed by atoms with van der Waals surface area (Å²) in [6.45, 7) is 6.53. The number of rotatable bonds is 3. The fraction of sp³-hybridized carbons (Fsp3) is 0.571. The first kappa shape index (κ1) is 15.4. The highest BCUT2D eigenvalue weighted by Crippen LogP contribution is 2.26. The van der Waals surface area contributed by atoms with Crippen molar-refractivity contribution in [1.29, 1.82) is 0 Å². The van der Waals surface area contributed by atoms with E-state index in [1.807, 2.05) is 19.9 Å². The summed E-state index contributed by atoms with van der Waals surface area (Å²) in [5, 5.41) is 9.28. The van der Waals surface area contributed by atoms with Crippen molar-refractivity contribution in [1.82, 2.24) is 4.31 Å². The molecule has 1 saturated heterocycles. The second-order valence-corrected chi connectivity index (χ2v) is 7.09. The first-order chi connectivity index (χ1) is 9.37. The van der Waals surface area contributed by atoms with Crippen molar-refractivity contribution in [2.75, 3.05) is 19.8 Å². The van der Waals surface area contributed by atoms with Crippen LogP contribution in [0.25, 0.3) is 0 Å². The van der Waals surface area contributed by atoms with Crippen molar-refractivity contribution in [3.63, 3.8) is 0 Å². The van der Waals surface area contributed by atoms with Gasteiger partial charge in [-0.3, -0.25) is 0 Å². The average molecular weight is 299 g/mol. The Morgan fingerprint density at radius 3 is 2.70 bits per heavy atom. The Hall–Kier alpha value is -0.950. The second-order valence-electron chi connectivity index (χ2n) is 5.23. The van der Waals surface area contributed by atoms with Crippen LogP contribution in [0, 0.1) is 13.8 Å². The van der Waals surface area contributed by atoms with Gasteiger partial charge in [0, 0.05) is 12.6 Å². The number of aliphatic hydroxyl groups excluding tert-OH is 1. The molecule has 1 N–H and O–H groups in total. The Morgan fingerprint density at radius 2 is 2.10 bits per heavy atom. The summed E-state index contributed by atoms with van der Waals surface area (Å²) in [5.41, 5.74) is 2.23. The van der Waals surface area contributed by atoms with Crippen molar-refractivity contribution in [3.05, 3.63) is 28.8 Å². The molecule has 0 bridgehead atoms. The highest BCUT2D eigenvalue weighted by molar-refractivity contribution is 7.89. The summed E-state index contributed by atoms with van der Waals surface area (Å²) >= 11 is 0. The van der Waals surface area contributed by atoms with Crippen molar-refractivity contribution in [2.24, 2.45) is 0 Å². The molecule has 112 valence electrons. The van der Waals surface area contributed by atoms with E-state index in [9.17, 15) is 13.5 Å². The molecular weight excluding hydrogens is 278 g/mol. The van der Waals surface area contributed by atoms with Gasteiger partial charge in [-0.05, 0) is 43.5 Å². The Morgan fingerprint density at radius 1 is 1.40 bits per heavy atom. The molecule has 1 fully saturated rings. The molecule has 2 rings (SSSR count). The van der Waals surface area contributed by atoms with Gasteiger partial charge in [0.25, 0.3) is 0 Å². The lowest BCUT2D eigenvalue weighted by molar-refractivity contribution is 0.0392. The lowest BCUT2D eigenvalue weighted by atomic mass is 10.1. The van der Waals surface area contributed by atoms with Gasteiger partial charge in [0.15, 0.2) is 0 Å². The van der Waals surface area contributed by atoms with Gasteiger partial charge in [-0.25, -0.2) is 8.42 Å². The predicted molar refractivity (Wildman–Crippen MR) is 76.0 cm³/mol. The van der Waals surface area contributed by atoms with E-state index in [0.717, 1.165) is 11.1 Å². The van der Waals surface area contributed by atoms with Crippen LogP contribution in [-0.2, 0) is 21.4 Å². The molecule has 0 aliphatic carbocycles. The largest absolute Gasteiger partial charge is 0.392 e. The maximum atomic E-state index is 12.8. The summed E-state index contributed by atoms with van der Waals surface area (Å²) in [6, 6.07) is 3.21.